The molecule has 0 aliphatic carbocycles. The molecule has 0 bridgehead atoms. The smallest absolute Gasteiger partial charge is 0.0239 e. The van der Waals surface area contributed by atoms with Crippen LogP contribution in [-0.2, 0) is 6.54 Å². The van der Waals surface area contributed by atoms with Crippen molar-refractivity contribution in [3.8, 4) is 0 Å². The molecule has 2 heteroatoms. The molecule has 88 valence electrons. The summed E-state index contributed by atoms with van der Waals surface area (Å²) in [6.07, 6.45) is 2.24. The van der Waals surface area contributed by atoms with Crippen LogP contribution in [0, 0.1) is 0 Å². The monoisotopic (exact) mass is 218 g/mol. The van der Waals surface area contributed by atoms with Crippen LogP contribution in [0.4, 0.5) is 0 Å². The van der Waals surface area contributed by atoms with Gasteiger partial charge >= 0.3 is 0 Å². The van der Waals surface area contributed by atoms with E-state index in [0.717, 1.165) is 19.4 Å². The lowest BCUT2D eigenvalue weighted by molar-refractivity contribution is 0.0843. The van der Waals surface area contributed by atoms with E-state index in [1.807, 2.05) is 0 Å². The minimum atomic E-state index is 0.386. The number of rotatable bonds is 2. The maximum absolute atomic E-state index is 6.04. The summed E-state index contributed by atoms with van der Waals surface area (Å²) in [5.74, 6) is 0. The Morgan fingerprint density at radius 3 is 2.25 bits per heavy atom. The van der Waals surface area contributed by atoms with Crippen molar-refractivity contribution >= 4 is 0 Å². The number of benzene rings is 1. The Morgan fingerprint density at radius 1 is 1.12 bits per heavy atom. The molecule has 2 rings (SSSR count). The molecule has 2 atom stereocenters. The van der Waals surface area contributed by atoms with E-state index >= 15 is 0 Å². The number of nitrogens with two attached hydrogens (primary N) is 1. The van der Waals surface area contributed by atoms with Crippen molar-refractivity contribution in [1.29, 1.82) is 0 Å². The zero-order valence-electron chi connectivity index (χ0n) is 10.3. The molecule has 1 saturated heterocycles. The van der Waals surface area contributed by atoms with E-state index in [9.17, 15) is 0 Å². The van der Waals surface area contributed by atoms with E-state index in [2.05, 4.69) is 49.1 Å². The molecule has 0 amide bonds. The van der Waals surface area contributed by atoms with Crippen LogP contribution in [0.5, 0.6) is 0 Å². The molecule has 1 aliphatic rings. The SMILES string of the molecule is C[C@@H]1CC(N)C[C@@H](C)N1Cc1ccccc1. The van der Waals surface area contributed by atoms with Gasteiger partial charge in [-0.3, -0.25) is 4.90 Å². The summed E-state index contributed by atoms with van der Waals surface area (Å²) >= 11 is 0. The van der Waals surface area contributed by atoms with Gasteiger partial charge < -0.3 is 5.73 Å². The summed E-state index contributed by atoms with van der Waals surface area (Å²) in [6.45, 7) is 5.63. The molecule has 1 aliphatic heterocycles. The van der Waals surface area contributed by atoms with Gasteiger partial charge in [0, 0.05) is 24.7 Å². The fraction of sp³-hybridized carbons (Fsp3) is 0.571. The van der Waals surface area contributed by atoms with Crippen LogP contribution in [0.15, 0.2) is 30.3 Å². The minimum Gasteiger partial charge on any atom is -0.328 e. The Morgan fingerprint density at radius 2 is 1.69 bits per heavy atom. The zero-order chi connectivity index (χ0) is 11.5. The lowest BCUT2D eigenvalue weighted by atomic mass is 9.93. The van der Waals surface area contributed by atoms with Crippen molar-refractivity contribution in [1.82, 2.24) is 4.90 Å². The molecule has 0 aromatic heterocycles. The van der Waals surface area contributed by atoms with Crippen LogP contribution in [0.25, 0.3) is 0 Å². The van der Waals surface area contributed by atoms with Crippen LogP contribution in [0.3, 0.4) is 0 Å². The van der Waals surface area contributed by atoms with Gasteiger partial charge in [0.05, 0.1) is 0 Å². The second kappa shape index (κ2) is 4.98. The van der Waals surface area contributed by atoms with Crippen molar-refractivity contribution < 1.29 is 0 Å². The van der Waals surface area contributed by atoms with Gasteiger partial charge in [0.2, 0.25) is 0 Å². The fourth-order valence-corrected chi connectivity index (χ4v) is 2.78. The highest BCUT2D eigenvalue weighted by molar-refractivity contribution is 5.15. The van der Waals surface area contributed by atoms with Crippen LogP contribution in [-0.4, -0.2) is 23.0 Å². The normalized spacial score (nSPS) is 31.6. The topological polar surface area (TPSA) is 29.3 Å². The van der Waals surface area contributed by atoms with E-state index in [0.29, 0.717) is 18.1 Å². The molecule has 1 aromatic carbocycles. The summed E-state index contributed by atoms with van der Waals surface area (Å²) in [4.78, 5) is 2.57. The molecular formula is C14H22N2. The van der Waals surface area contributed by atoms with Crippen molar-refractivity contribution in [2.75, 3.05) is 0 Å². The average molecular weight is 218 g/mol. The Bertz CT molecular complexity index is 311. The summed E-state index contributed by atoms with van der Waals surface area (Å²) in [5, 5.41) is 0. The number of piperidine rings is 1. The maximum Gasteiger partial charge on any atom is 0.0239 e. The largest absolute Gasteiger partial charge is 0.328 e. The van der Waals surface area contributed by atoms with Crippen LogP contribution < -0.4 is 5.73 Å². The predicted molar refractivity (Wildman–Crippen MR) is 68.1 cm³/mol. The van der Waals surface area contributed by atoms with Crippen molar-refractivity contribution in [2.24, 2.45) is 5.73 Å². The van der Waals surface area contributed by atoms with Crippen LogP contribution in [0.1, 0.15) is 32.3 Å². The first kappa shape index (κ1) is 11.6. The van der Waals surface area contributed by atoms with Crippen molar-refractivity contribution in [2.45, 2.75) is 51.4 Å². The summed E-state index contributed by atoms with van der Waals surface area (Å²) < 4.78 is 0. The van der Waals surface area contributed by atoms with Crippen molar-refractivity contribution in [3.63, 3.8) is 0 Å². The van der Waals surface area contributed by atoms with E-state index in [4.69, 9.17) is 5.73 Å². The molecule has 0 saturated carbocycles. The van der Waals surface area contributed by atoms with Gasteiger partial charge in [-0.1, -0.05) is 30.3 Å². The minimum absolute atomic E-state index is 0.386. The quantitative estimate of drug-likeness (QED) is 0.826. The van der Waals surface area contributed by atoms with Crippen LogP contribution >= 0.6 is 0 Å². The van der Waals surface area contributed by atoms with Gasteiger partial charge in [-0.15, -0.1) is 0 Å². The Hall–Kier alpha value is -0.860. The third-order valence-electron chi connectivity index (χ3n) is 3.63. The van der Waals surface area contributed by atoms with Gasteiger partial charge in [0.1, 0.15) is 0 Å². The summed E-state index contributed by atoms with van der Waals surface area (Å²) in [6, 6.07) is 12.3. The molecular weight excluding hydrogens is 196 g/mol. The standard InChI is InChI=1S/C14H22N2/c1-11-8-14(15)9-12(2)16(11)10-13-6-4-3-5-7-13/h3-7,11-12,14H,8-10,15H2,1-2H3/t11-,12-/m1/s1. The first-order chi connectivity index (χ1) is 7.66. The Balaban J connectivity index is 2.03. The molecule has 0 spiro atoms. The van der Waals surface area contributed by atoms with Crippen LogP contribution in [0.2, 0.25) is 0 Å². The zero-order valence-corrected chi connectivity index (χ0v) is 10.3. The first-order valence-electron chi connectivity index (χ1n) is 6.22. The lowest BCUT2D eigenvalue weighted by Crippen LogP contribution is -2.50. The first-order valence-corrected chi connectivity index (χ1v) is 6.22. The second-order valence-electron chi connectivity index (χ2n) is 5.09. The Kier molecular flexibility index (Phi) is 3.62. The molecule has 2 N–H and O–H groups in total. The van der Waals surface area contributed by atoms with Gasteiger partial charge in [-0.25, -0.2) is 0 Å². The van der Waals surface area contributed by atoms with Gasteiger partial charge in [-0.05, 0) is 32.3 Å². The highest BCUT2D eigenvalue weighted by Crippen LogP contribution is 2.23. The summed E-state index contributed by atoms with van der Waals surface area (Å²) in [7, 11) is 0. The molecule has 0 radical (unpaired) electrons. The molecule has 1 fully saturated rings. The number of hydrogen-bond donors (Lipinski definition) is 1. The average Bonchev–Trinajstić information content (AvgIpc) is 2.25. The Labute approximate surface area is 98.4 Å². The predicted octanol–water partition coefficient (Wildman–Crippen LogP) is 2.39. The highest BCUT2D eigenvalue weighted by Gasteiger charge is 2.28. The van der Waals surface area contributed by atoms with E-state index in [1.54, 1.807) is 0 Å². The number of hydrogen-bond acceptors (Lipinski definition) is 2. The van der Waals surface area contributed by atoms with Crippen molar-refractivity contribution in [3.05, 3.63) is 35.9 Å². The molecule has 0 unspecified atom stereocenters. The maximum atomic E-state index is 6.04. The molecule has 1 aromatic rings. The van der Waals surface area contributed by atoms with E-state index < -0.39 is 0 Å². The third kappa shape index (κ3) is 2.63. The van der Waals surface area contributed by atoms with Gasteiger partial charge in [-0.2, -0.15) is 0 Å². The van der Waals surface area contributed by atoms with E-state index in [-0.39, 0.29) is 0 Å². The summed E-state index contributed by atoms with van der Waals surface area (Å²) in [5.41, 5.74) is 7.44. The number of likely N-dealkylation sites (tertiary alicyclic amines) is 1. The third-order valence-corrected chi connectivity index (χ3v) is 3.63. The fourth-order valence-electron chi connectivity index (χ4n) is 2.78. The van der Waals surface area contributed by atoms with Gasteiger partial charge in [0.15, 0.2) is 0 Å². The molecule has 16 heavy (non-hydrogen) atoms. The molecule has 2 nitrogen and oxygen atoms in total. The van der Waals surface area contributed by atoms with Gasteiger partial charge in [0.25, 0.3) is 0 Å². The highest BCUT2D eigenvalue weighted by atomic mass is 15.2. The second-order valence-corrected chi connectivity index (χ2v) is 5.09. The molecule has 1 heterocycles. The lowest BCUT2D eigenvalue weighted by Gasteiger charge is -2.41. The number of nitrogens with zero attached hydrogens (tertiary/aromatic N) is 1. The van der Waals surface area contributed by atoms with E-state index in [1.165, 1.54) is 5.56 Å².